The van der Waals surface area contributed by atoms with Crippen LogP contribution in [0.4, 0.5) is 0 Å². The summed E-state index contributed by atoms with van der Waals surface area (Å²) in [6, 6.07) is 0. The van der Waals surface area contributed by atoms with Crippen LogP contribution in [0.25, 0.3) is 0 Å². The van der Waals surface area contributed by atoms with E-state index in [2.05, 4.69) is 13.8 Å². The van der Waals surface area contributed by atoms with Crippen LogP contribution in [0.1, 0.15) is 78.6 Å². The van der Waals surface area contributed by atoms with E-state index in [0.29, 0.717) is 29.4 Å². The van der Waals surface area contributed by atoms with E-state index in [0.717, 1.165) is 19.4 Å². The molecular formula is C24H34O3S. The Morgan fingerprint density at radius 2 is 1.93 bits per heavy atom. The number of hydrogen-bond acceptors (Lipinski definition) is 4. The maximum atomic E-state index is 12.2. The number of hydrogen-bond donors (Lipinski definition) is 0. The molecule has 0 aromatic rings. The summed E-state index contributed by atoms with van der Waals surface area (Å²) in [7, 11) is 0. The Morgan fingerprint density at radius 3 is 2.64 bits per heavy atom. The van der Waals surface area contributed by atoms with Gasteiger partial charge in [-0.2, -0.15) is 0 Å². The Balaban J connectivity index is 1.56. The molecule has 0 radical (unpaired) electrons. The van der Waals surface area contributed by atoms with Crippen molar-refractivity contribution in [3.05, 3.63) is 11.6 Å². The molecule has 1 spiro atoms. The van der Waals surface area contributed by atoms with Crippen LogP contribution in [0, 0.1) is 28.6 Å². The van der Waals surface area contributed by atoms with Crippen molar-refractivity contribution in [3.63, 3.8) is 0 Å². The third-order valence-electron chi connectivity index (χ3n) is 9.67. The molecule has 3 saturated carbocycles. The number of carbonyl (C=O) groups excluding carboxylic acids is 2. The minimum atomic E-state index is 0.0909. The van der Waals surface area contributed by atoms with E-state index in [1.54, 1.807) is 18.7 Å². The number of carbonyl (C=O) groups is 2. The van der Waals surface area contributed by atoms with E-state index in [1.165, 1.54) is 44.1 Å². The number of allylic oxidation sites excluding steroid dienone is 1. The van der Waals surface area contributed by atoms with Gasteiger partial charge in [0, 0.05) is 25.2 Å². The Morgan fingerprint density at radius 1 is 1.14 bits per heavy atom. The number of fused-ring (bicyclic) bond motifs is 6. The van der Waals surface area contributed by atoms with Gasteiger partial charge in [0.05, 0.1) is 5.60 Å². The van der Waals surface area contributed by atoms with Gasteiger partial charge in [-0.15, -0.1) is 0 Å². The lowest BCUT2D eigenvalue weighted by Crippen LogP contribution is -2.57. The molecule has 4 heteroatoms. The minimum absolute atomic E-state index is 0.0909. The van der Waals surface area contributed by atoms with E-state index >= 15 is 0 Å². The largest absolute Gasteiger partial charge is 0.374 e. The van der Waals surface area contributed by atoms with Crippen molar-refractivity contribution in [2.75, 3.05) is 6.61 Å². The van der Waals surface area contributed by atoms with Crippen molar-refractivity contribution < 1.29 is 14.3 Å². The summed E-state index contributed by atoms with van der Waals surface area (Å²) in [5.74, 6) is 2.12. The van der Waals surface area contributed by atoms with E-state index in [-0.39, 0.29) is 27.3 Å². The molecule has 1 aliphatic heterocycles. The molecule has 5 rings (SSSR count). The van der Waals surface area contributed by atoms with Crippen molar-refractivity contribution in [2.45, 2.75) is 89.4 Å². The standard InChI is InChI=1S/C24H34O3S/c1-15(25)28-20-14-16-13-17(26)5-9-22(16,2)18-6-10-23(3)19(21(18)20)7-11-24(23)8-4-12-27-24/h13,18-21H,4-12,14H2,1-3H3/t18-,19-,20+,21+,22-,23-,24-/m0/s1. The first kappa shape index (κ1) is 19.4. The molecule has 7 atom stereocenters. The van der Waals surface area contributed by atoms with Gasteiger partial charge in [-0.25, -0.2) is 0 Å². The molecular weight excluding hydrogens is 368 g/mol. The van der Waals surface area contributed by atoms with Crippen LogP contribution in [0.3, 0.4) is 0 Å². The van der Waals surface area contributed by atoms with Crippen molar-refractivity contribution >= 4 is 22.7 Å². The first-order valence-electron chi connectivity index (χ1n) is 11.3. The molecule has 4 fully saturated rings. The number of thioether (sulfide) groups is 1. The van der Waals surface area contributed by atoms with Gasteiger partial charge >= 0.3 is 0 Å². The van der Waals surface area contributed by atoms with E-state index in [4.69, 9.17) is 4.74 Å². The van der Waals surface area contributed by atoms with Gasteiger partial charge in [-0.05, 0) is 86.0 Å². The zero-order valence-corrected chi connectivity index (χ0v) is 18.4. The van der Waals surface area contributed by atoms with Gasteiger partial charge < -0.3 is 4.74 Å². The molecule has 1 heterocycles. The fourth-order valence-corrected chi connectivity index (χ4v) is 9.50. The predicted molar refractivity (Wildman–Crippen MR) is 112 cm³/mol. The van der Waals surface area contributed by atoms with Crippen molar-refractivity contribution in [2.24, 2.45) is 28.6 Å². The first-order chi connectivity index (χ1) is 13.3. The monoisotopic (exact) mass is 402 g/mol. The van der Waals surface area contributed by atoms with E-state index in [1.807, 2.05) is 6.08 Å². The average molecular weight is 403 g/mol. The molecule has 0 N–H and O–H groups in total. The second kappa shape index (κ2) is 6.44. The fraction of sp³-hybridized carbons (Fsp3) is 0.833. The topological polar surface area (TPSA) is 43.4 Å². The second-order valence-electron chi connectivity index (χ2n) is 10.6. The highest BCUT2D eigenvalue weighted by molar-refractivity contribution is 8.14. The van der Waals surface area contributed by atoms with Crippen LogP contribution < -0.4 is 0 Å². The lowest BCUT2D eigenvalue weighted by atomic mass is 9.46. The Kier molecular flexibility index (Phi) is 4.45. The van der Waals surface area contributed by atoms with Crippen LogP contribution in [0.2, 0.25) is 0 Å². The molecule has 5 aliphatic rings. The van der Waals surface area contributed by atoms with Crippen LogP contribution in [0.5, 0.6) is 0 Å². The summed E-state index contributed by atoms with van der Waals surface area (Å²) in [5.41, 5.74) is 1.84. The summed E-state index contributed by atoms with van der Waals surface area (Å²) < 4.78 is 6.49. The summed E-state index contributed by atoms with van der Waals surface area (Å²) in [4.78, 5) is 24.4. The van der Waals surface area contributed by atoms with Crippen molar-refractivity contribution in [3.8, 4) is 0 Å². The molecule has 3 nitrogen and oxygen atoms in total. The Bertz CT molecular complexity index is 736. The maximum Gasteiger partial charge on any atom is 0.186 e. The van der Waals surface area contributed by atoms with Crippen LogP contribution in [0.15, 0.2) is 11.6 Å². The predicted octanol–water partition coefficient (Wildman–Crippen LogP) is 5.33. The zero-order valence-electron chi connectivity index (χ0n) is 17.6. The lowest BCUT2D eigenvalue weighted by Gasteiger charge is -2.61. The van der Waals surface area contributed by atoms with Gasteiger partial charge in [0.25, 0.3) is 0 Å². The van der Waals surface area contributed by atoms with Crippen molar-refractivity contribution in [1.82, 2.24) is 0 Å². The van der Waals surface area contributed by atoms with Crippen LogP contribution in [-0.2, 0) is 14.3 Å². The highest BCUT2D eigenvalue weighted by atomic mass is 32.2. The third kappa shape index (κ3) is 2.52. The lowest BCUT2D eigenvalue weighted by molar-refractivity contribution is -0.135. The molecule has 0 aromatic heterocycles. The summed E-state index contributed by atoms with van der Waals surface area (Å²) in [5, 5.41) is 0.557. The summed E-state index contributed by atoms with van der Waals surface area (Å²) in [6.07, 6.45) is 11.9. The highest BCUT2D eigenvalue weighted by Crippen LogP contribution is 2.70. The van der Waals surface area contributed by atoms with Gasteiger partial charge in [0.1, 0.15) is 0 Å². The first-order valence-corrected chi connectivity index (χ1v) is 12.2. The molecule has 0 unspecified atom stereocenters. The number of rotatable bonds is 1. The van der Waals surface area contributed by atoms with Crippen LogP contribution in [-0.4, -0.2) is 28.4 Å². The second-order valence-corrected chi connectivity index (χ2v) is 12.1. The highest BCUT2D eigenvalue weighted by Gasteiger charge is 2.67. The molecule has 1 saturated heterocycles. The number of ether oxygens (including phenoxy) is 1. The van der Waals surface area contributed by atoms with Gasteiger partial charge in [0.2, 0.25) is 0 Å². The summed E-state index contributed by atoms with van der Waals surface area (Å²) in [6.45, 7) is 7.58. The molecule has 28 heavy (non-hydrogen) atoms. The zero-order chi connectivity index (χ0) is 19.7. The number of ketones is 1. The van der Waals surface area contributed by atoms with Gasteiger partial charge in [-0.1, -0.05) is 31.2 Å². The van der Waals surface area contributed by atoms with E-state index < -0.39 is 0 Å². The molecule has 0 amide bonds. The fourth-order valence-electron chi connectivity index (χ4n) is 8.27. The normalized spacial score (nSPS) is 50.1. The molecule has 0 aromatic carbocycles. The quantitative estimate of drug-likeness (QED) is 0.595. The molecule has 4 aliphatic carbocycles. The smallest absolute Gasteiger partial charge is 0.186 e. The minimum Gasteiger partial charge on any atom is -0.374 e. The van der Waals surface area contributed by atoms with Gasteiger partial charge in [-0.3, -0.25) is 9.59 Å². The third-order valence-corrected chi connectivity index (χ3v) is 10.8. The maximum absolute atomic E-state index is 12.2. The Hall–Kier alpha value is -0.610. The SMILES string of the molecule is CC(=O)S[C@@H]1CC2=CC(=O)CC[C@]2(C)[C@H]2CC[C@@]3(C)[C@@H](CC[C@@]34CCCO4)[C@H]12. The Labute approximate surface area is 173 Å². The molecule has 154 valence electrons. The summed E-state index contributed by atoms with van der Waals surface area (Å²) >= 11 is 1.56. The molecule has 0 bridgehead atoms. The van der Waals surface area contributed by atoms with Crippen LogP contribution >= 0.6 is 11.8 Å². The van der Waals surface area contributed by atoms with E-state index in [9.17, 15) is 9.59 Å². The average Bonchev–Trinajstić information content (AvgIpc) is 3.23. The van der Waals surface area contributed by atoms with Gasteiger partial charge in [0.15, 0.2) is 10.9 Å². The van der Waals surface area contributed by atoms with Crippen molar-refractivity contribution in [1.29, 1.82) is 0 Å².